The fraction of sp³-hybridized carbons (Fsp3) is 0. The van der Waals surface area contributed by atoms with Crippen LogP contribution in [-0.4, -0.2) is 20.2 Å². The van der Waals surface area contributed by atoms with E-state index in [0.29, 0.717) is 22.1 Å². The van der Waals surface area contributed by atoms with E-state index in [1.54, 1.807) is 18.2 Å². The first-order chi connectivity index (χ1) is 10.1. The third kappa shape index (κ3) is 2.43. The van der Waals surface area contributed by atoms with Gasteiger partial charge in [0.25, 0.3) is 0 Å². The Hall–Kier alpha value is -2.54. The molecule has 0 saturated carbocycles. The van der Waals surface area contributed by atoms with Gasteiger partial charge in [-0.15, -0.1) is 5.10 Å². The monoisotopic (exact) mass is 307 g/mol. The van der Waals surface area contributed by atoms with Gasteiger partial charge in [0.05, 0.1) is 10.7 Å². The van der Waals surface area contributed by atoms with E-state index in [1.165, 1.54) is 10.7 Å². The summed E-state index contributed by atoms with van der Waals surface area (Å²) in [5.74, 6) is -1.64. The molecule has 3 aromatic rings. The minimum atomic E-state index is -0.989. The highest BCUT2D eigenvalue weighted by atomic mass is 35.5. The summed E-state index contributed by atoms with van der Waals surface area (Å²) in [7, 11) is 0. The predicted molar refractivity (Wildman–Crippen MR) is 73.9 cm³/mol. The van der Waals surface area contributed by atoms with Gasteiger partial charge in [0.15, 0.2) is 17.5 Å². The fourth-order valence-corrected chi connectivity index (χ4v) is 2.13. The molecule has 2 N–H and O–H groups in total. The van der Waals surface area contributed by atoms with E-state index in [4.69, 9.17) is 17.3 Å². The molecular weight excluding hydrogens is 300 g/mol. The topological polar surface area (TPSA) is 69.6 Å². The number of hydrogen-bond acceptors (Lipinski definition) is 4. The Bertz CT molecular complexity index is 818. The lowest BCUT2D eigenvalue weighted by atomic mass is 10.2. The zero-order valence-corrected chi connectivity index (χ0v) is 11.2. The van der Waals surface area contributed by atoms with Crippen molar-refractivity contribution in [2.24, 2.45) is 0 Å². The molecule has 8 heteroatoms. The van der Waals surface area contributed by atoms with Gasteiger partial charge in [0.2, 0.25) is 0 Å². The molecule has 21 heavy (non-hydrogen) atoms. The molecule has 0 amide bonds. The first-order valence-electron chi connectivity index (χ1n) is 5.85. The molecular formula is C13H8ClF2N5. The zero-order valence-electron chi connectivity index (χ0n) is 10.5. The van der Waals surface area contributed by atoms with Crippen LogP contribution in [-0.2, 0) is 0 Å². The van der Waals surface area contributed by atoms with Crippen molar-refractivity contribution >= 4 is 17.3 Å². The van der Waals surface area contributed by atoms with Crippen LogP contribution < -0.4 is 5.73 Å². The highest BCUT2D eigenvalue weighted by molar-refractivity contribution is 6.33. The van der Waals surface area contributed by atoms with Crippen LogP contribution in [0.4, 0.5) is 14.5 Å². The first kappa shape index (κ1) is 13.4. The van der Waals surface area contributed by atoms with E-state index >= 15 is 0 Å². The Morgan fingerprint density at radius 3 is 2.57 bits per heavy atom. The highest BCUT2D eigenvalue weighted by Crippen LogP contribution is 2.29. The van der Waals surface area contributed by atoms with Crippen LogP contribution in [0.25, 0.3) is 17.1 Å². The molecule has 0 saturated heterocycles. The van der Waals surface area contributed by atoms with Crippen LogP contribution in [0.3, 0.4) is 0 Å². The molecule has 0 fully saturated rings. The molecule has 0 aliphatic heterocycles. The van der Waals surface area contributed by atoms with Gasteiger partial charge in [0.1, 0.15) is 0 Å². The number of rotatable bonds is 2. The van der Waals surface area contributed by atoms with Gasteiger partial charge in [-0.05, 0) is 40.8 Å². The van der Waals surface area contributed by atoms with E-state index in [9.17, 15) is 8.78 Å². The highest BCUT2D eigenvalue weighted by Gasteiger charge is 2.15. The third-order valence-corrected chi connectivity index (χ3v) is 3.16. The smallest absolute Gasteiger partial charge is 0.188 e. The average Bonchev–Trinajstić information content (AvgIpc) is 2.91. The minimum Gasteiger partial charge on any atom is -0.399 e. The molecule has 0 atom stereocenters. The number of tetrazole rings is 1. The van der Waals surface area contributed by atoms with Gasteiger partial charge >= 0.3 is 0 Å². The van der Waals surface area contributed by atoms with Crippen molar-refractivity contribution in [1.29, 1.82) is 0 Å². The van der Waals surface area contributed by atoms with Crippen LogP contribution in [0.2, 0.25) is 5.02 Å². The summed E-state index contributed by atoms with van der Waals surface area (Å²) >= 11 is 6.11. The van der Waals surface area contributed by atoms with Crippen molar-refractivity contribution in [2.45, 2.75) is 0 Å². The van der Waals surface area contributed by atoms with Crippen LogP contribution >= 0.6 is 11.6 Å². The summed E-state index contributed by atoms with van der Waals surface area (Å²) in [5.41, 5.74) is 6.94. The van der Waals surface area contributed by atoms with Crippen molar-refractivity contribution in [2.75, 3.05) is 5.73 Å². The number of halogens is 3. The van der Waals surface area contributed by atoms with Gasteiger partial charge < -0.3 is 5.73 Å². The average molecular weight is 308 g/mol. The van der Waals surface area contributed by atoms with Crippen molar-refractivity contribution in [1.82, 2.24) is 20.2 Å². The normalized spacial score (nSPS) is 10.8. The maximum absolute atomic E-state index is 13.3. The number of nitrogens with two attached hydrogens (primary N) is 1. The van der Waals surface area contributed by atoms with E-state index in [-0.39, 0.29) is 5.69 Å². The Labute approximate surface area is 123 Å². The Morgan fingerprint density at radius 1 is 1.05 bits per heavy atom. The van der Waals surface area contributed by atoms with Gasteiger partial charge in [-0.3, -0.25) is 0 Å². The Morgan fingerprint density at radius 2 is 1.86 bits per heavy atom. The molecule has 1 heterocycles. The van der Waals surface area contributed by atoms with E-state index in [0.717, 1.165) is 12.1 Å². The van der Waals surface area contributed by atoms with Crippen molar-refractivity contribution in [3.63, 3.8) is 0 Å². The maximum Gasteiger partial charge on any atom is 0.188 e. The van der Waals surface area contributed by atoms with Crippen LogP contribution in [0.5, 0.6) is 0 Å². The molecule has 1 aromatic heterocycles. The molecule has 0 bridgehead atoms. The Kier molecular flexibility index (Phi) is 3.26. The molecule has 0 spiro atoms. The molecule has 0 radical (unpaired) electrons. The van der Waals surface area contributed by atoms with Crippen LogP contribution in [0, 0.1) is 11.6 Å². The van der Waals surface area contributed by atoms with Crippen molar-refractivity contribution in [3.8, 4) is 17.1 Å². The summed E-state index contributed by atoms with van der Waals surface area (Å²) < 4.78 is 27.6. The molecule has 2 aromatic carbocycles. The van der Waals surface area contributed by atoms with Gasteiger partial charge in [0, 0.05) is 17.3 Å². The number of aromatic nitrogens is 4. The maximum atomic E-state index is 13.3. The molecule has 106 valence electrons. The van der Waals surface area contributed by atoms with Crippen LogP contribution in [0.1, 0.15) is 0 Å². The molecule has 5 nitrogen and oxygen atoms in total. The lowest BCUT2D eigenvalue weighted by molar-refractivity contribution is 0.507. The summed E-state index contributed by atoms with van der Waals surface area (Å²) in [6.45, 7) is 0. The van der Waals surface area contributed by atoms with E-state index in [1.807, 2.05) is 0 Å². The van der Waals surface area contributed by atoms with E-state index in [2.05, 4.69) is 15.5 Å². The SMILES string of the molecule is Nc1ccc(-c2nnnn2-c2ccc(F)c(F)c2)c(Cl)c1. The number of hydrogen-bond donors (Lipinski definition) is 1. The van der Waals surface area contributed by atoms with Crippen molar-refractivity contribution < 1.29 is 8.78 Å². The number of anilines is 1. The van der Waals surface area contributed by atoms with E-state index < -0.39 is 11.6 Å². The van der Waals surface area contributed by atoms with Gasteiger partial charge in [-0.2, -0.15) is 4.68 Å². The lowest BCUT2D eigenvalue weighted by Gasteiger charge is -2.07. The fourth-order valence-electron chi connectivity index (χ4n) is 1.86. The summed E-state index contributed by atoms with van der Waals surface area (Å²) in [4.78, 5) is 0. The van der Waals surface area contributed by atoms with Crippen molar-refractivity contribution in [3.05, 3.63) is 53.1 Å². The van der Waals surface area contributed by atoms with Gasteiger partial charge in [-0.1, -0.05) is 11.6 Å². The molecule has 0 aliphatic carbocycles. The molecule has 0 aliphatic rings. The third-order valence-electron chi connectivity index (χ3n) is 2.85. The van der Waals surface area contributed by atoms with Crippen LogP contribution in [0.15, 0.2) is 36.4 Å². The second-order valence-corrected chi connectivity index (χ2v) is 4.66. The molecule has 0 unspecified atom stereocenters. The zero-order chi connectivity index (χ0) is 15.0. The van der Waals surface area contributed by atoms with Gasteiger partial charge in [-0.25, -0.2) is 8.78 Å². The quantitative estimate of drug-likeness (QED) is 0.739. The second kappa shape index (κ2) is 5.10. The molecule has 3 rings (SSSR count). The first-order valence-corrected chi connectivity index (χ1v) is 6.23. The largest absolute Gasteiger partial charge is 0.399 e. The number of benzene rings is 2. The second-order valence-electron chi connectivity index (χ2n) is 4.25. The predicted octanol–water partition coefficient (Wildman–Crippen LogP) is 2.84. The summed E-state index contributed by atoms with van der Waals surface area (Å²) in [6, 6.07) is 8.22. The standard InChI is InChI=1S/C13H8ClF2N5/c14-10-5-7(17)1-3-9(10)13-18-19-20-21(13)8-2-4-11(15)12(16)6-8/h1-6H,17H2. The minimum absolute atomic E-state index is 0.279. The lowest BCUT2D eigenvalue weighted by Crippen LogP contribution is -2.01. The number of nitrogen functional groups attached to an aromatic ring is 1. The summed E-state index contributed by atoms with van der Waals surface area (Å²) in [5, 5.41) is 11.5. The number of nitrogens with zero attached hydrogens (tertiary/aromatic N) is 4. The Balaban J connectivity index is 2.14. The summed E-state index contributed by atoms with van der Waals surface area (Å²) in [6.07, 6.45) is 0.